The zero-order chi connectivity index (χ0) is 10.3. The van der Waals surface area contributed by atoms with E-state index in [2.05, 4.69) is 6.58 Å². The summed E-state index contributed by atoms with van der Waals surface area (Å²) in [6, 6.07) is 0. The molecule has 0 aromatic heterocycles. The number of hydrogen-bond donors (Lipinski definition) is 1. The fourth-order valence-corrected chi connectivity index (χ4v) is 2.01. The second kappa shape index (κ2) is 3.31. The van der Waals surface area contributed by atoms with Crippen molar-refractivity contribution in [2.24, 2.45) is 0 Å². The first-order valence-electron chi connectivity index (χ1n) is 4.83. The van der Waals surface area contributed by atoms with Crippen LogP contribution >= 0.6 is 0 Å². The summed E-state index contributed by atoms with van der Waals surface area (Å²) in [5, 5.41) is 9.57. The van der Waals surface area contributed by atoms with E-state index in [0.29, 0.717) is 6.42 Å². The topological polar surface area (TPSA) is 47.9 Å². The maximum absolute atomic E-state index is 9.57. The van der Waals surface area contributed by atoms with Gasteiger partial charge in [0.2, 0.25) is 0 Å². The van der Waals surface area contributed by atoms with Crippen LogP contribution in [-0.2, 0) is 14.2 Å². The van der Waals surface area contributed by atoms with Crippen molar-refractivity contribution in [3.8, 4) is 0 Å². The normalized spacial score (nSPS) is 45.1. The average molecular weight is 200 g/mol. The van der Waals surface area contributed by atoms with Crippen LogP contribution in [0.25, 0.3) is 0 Å². The van der Waals surface area contributed by atoms with E-state index >= 15 is 0 Å². The third kappa shape index (κ3) is 1.59. The Morgan fingerprint density at radius 1 is 1.36 bits per heavy atom. The molecule has 0 aromatic carbocycles. The van der Waals surface area contributed by atoms with Crippen molar-refractivity contribution in [3.05, 3.63) is 12.7 Å². The van der Waals surface area contributed by atoms with Crippen LogP contribution < -0.4 is 0 Å². The molecule has 2 rings (SSSR count). The molecule has 14 heavy (non-hydrogen) atoms. The van der Waals surface area contributed by atoms with Crippen molar-refractivity contribution in [2.75, 3.05) is 0 Å². The Kier molecular flexibility index (Phi) is 2.39. The monoisotopic (exact) mass is 200 g/mol. The van der Waals surface area contributed by atoms with E-state index in [9.17, 15) is 5.11 Å². The first-order valence-corrected chi connectivity index (χ1v) is 4.83. The molecule has 1 N–H and O–H groups in total. The predicted molar refractivity (Wildman–Crippen MR) is 49.5 cm³/mol. The summed E-state index contributed by atoms with van der Waals surface area (Å²) in [6.45, 7) is 7.31. The van der Waals surface area contributed by atoms with Gasteiger partial charge >= 0.3 is 0 Å². The van der Waals surface area contributed by atoms with E-state index < -0.39 is 12.1 Å². The molecule has 2 heterocycles. The number of ether oxygens (including phenoxy) is 3. The molecule has 0 unspecified atom stereocenters. The molecule has 0 radical (unpaired) electrons. The summed E-state index contributed by atoms with van der Waals surface area (Å²) in [6.07, 6.45) is 0.848. The lowest BCUT2D eigenvalue weighted by Crippen LogP contribution is -2.29. The van der Waals surface area contributed by atoms with Gasteiger partial charge in [0.1, 0.15) is 12.2 Å². The van der Waals surface area contributed by atoms with E-state index in [1.165, 1.54) is 0 Å². The summed E-state index contributed by atoms with van der Waals surface area (Å²) in [5.41, 5.74) is 0. The second-order valence-corrected chi connectivity index (χ2v) is 4.15. The maximum atomic E-state index is 9.57. The number of aliphatic hydroxyl groups is 1. The van der Waals surface area contributed by atoms with Gasteiger partial charge in [-0.15, -0.1) is 6.58 Å². The van der Waals surface area contributed by atoms with Gasteiger partial charge < -0.3 is 19.3 Å². The van der Waals surface area contributed by atoms with Crippen LogP contribution in [0.2, 0.25) is 0 Å². The summed E-state index contributed by atoms with van der Waals surface area (Å²) >= 11 is 0. The molecule has 0 bridgehead atoms. The number of hydrogen-bond acceptors (Lipinski definition) is 4. The minimum Gasteiger partial charge on any atom is -0.366 e. The summed E-state index contributed by atoms with van der Waals surface area (Å²) in [4.78, 5) is 0. The van der Waals surface area contributed by atoms with Gasteiger partial charge in [0.15, 0.2) is 12.1 Å². The van der Waals surface area contributed by atoms with Crippen molar-refractivity contribution in [1.82, 2.24) is 0 Å². The van der Waals surface area contributed by atoms with Crippen LogP contribution in [0.3, 0.4) is 0 Å². The molecule has 2 saturated heterocycles. The molecule has 80 valence electrons. The predicted octanol–water partition coefficient (Wildman–Crippen LogP) is 0.800. The summed E-state index contributed by atoms with van der Waals surface area (Å²) in [5.74, 6) is -0.625. The van der Waals surface area contributed by atoms with E-state index in [1.54, 1.807) is 6.08 Å². The summed E-state index contributed by atoms with van der Waals surface area (Å²) < 4.78 is 16.5. The lowest BCUT2D eigenvalue weighted by Gasteiger charge is -2.21. The quantitative estimate of drug-likeness (QED) is 0.670. The van der Waals surface area contributed by atoms with Crippen molar-refractivity contribution in [2.45, 2.75) is 50.7 Å². The molecule has 0 spiro atoms. The third-order valence-corrected chi connectivity index (χ3v) is 2.52. The molecule has 0 aromatic rings. The highest BCUT2D eigenvalue weighted by molar-refractivity contribution is 4.96. The molecule has 4 nitrogen and oxygen atoms in total. The minimum atomic E-state index is -0.883. The Bertz CT molecular complexity index is 238. The van der Waals surface area contributed by atoms with Gasteiger partial charge in [-0.2, -0.15) is 0 Å². The Labute approximate surface area is 83.5 Å². The molecule has 4 heteroatoms. The van der Waals surface area contributed by atoms with Crippen molar-refractivity contribution in [3.63, 3.8) is 0 Å². The third-order valence-electron chi connectivity index (χ3n) is 2.52. The van der Waals surface area contributed by atoms with E-state index in [-0.39, 0.29) is 18.3 Å². The van der Waals surface area contributed by atoms with Crippen LogP contribution in [0.4, 0.5) is 0 Å². The van der Waals surface area contributed by atoms with Gasteiger partial charge in [-0.1, -0.05) is 6.08 Å². The van der Waals surface area contributed by atoms with Gasteiger partial charge in [-0.25, -0.2) is 0 Å². The molecular weight excluding hydrogens is 184 g/mol. The molecule has 0 aliphatic carbocycles. The molecule has 4 atom stereocenters. The van der Waals surface area contributed by atoms with Gasteiger partial charge in [0.05, 0.1) is 6.10 Å². The highest BCUT2D eigenvalue weighted by atomic mass is 16.8. The fourth-order valence-electron chi connectivity index (χ4n) is 2.01. The van der Waals surface area contributed by atoms with Gasteiger partial charge in [0.25, 0.3) is 0 Å². The van der Waals surface area contributed by atoms with Crippen molar-refractivity contribution < 1.29 is 19.3 Å². The number of aliphatic hydroxyl groups excluding tert-OH is 1. The molecule has 2 fully saturated rings. The Balaban J connectivity index is 2.10. The standard InChI is InChI=1S/C10H16O4/c1-4-5-6-7-8(9(11)12-6)14-10(2,3)13-7/h4,6-9,11H,1,5H2,2-3H3/t6-,7+,8+,9-/m1/s1. The minimum absolute atomic E-state index is 0.144. The zero-order valence-corrected chi connectivity index (χ0v) is 8.47. The maximum Gasteiger partial charge on any atom is 0.184 e. The molecule has 2 aliphatic heterocycles. The Hall–Kier alpha value is -0.420. The van der Waals surface area contributed by atoms with Gasteiger partial charge in [0, 0.05) is 0 Å². The summed E-state index contributed by atoms with van der Waals surface area (Å²) in [7, 11) is 0. The molecule has 0 saturated carbocycles. The molecular formula is C10H16O4. The number of fused-ring (bicyclic) bond motifs is 1. The SMILES string of the molecule is C=CC[C@H]1O[C@@H](O)[C@H]2OC(C)(C)O[C@H]21. The van der Waals surface area contributed by atoms with Crippen molar-refractivity contribution in [1.29, 1.82) is 0 Å². The average Bonchev–Trinajstić information content (AvgIpc) is 2.51. The Morgan fingerprint density at radius 3 is 2.64 bits per heavy atom. The van der Waals surface area contributed by atoms with E-state index in [4.69, 9.17) is 14.2 Å². The molecule has 2 aliphatic rings. The highest BCUT2D eigenvalue weighted by Gasteiger charge is 2.54. The smallest absolute Gasteiger partial charge is 0.184 e. The number of rotatable bonds is 2. The van der Waals surface area contributed by atoms with Gasteiger partial charge in [-0.3, -0.25) is 0 Å². The van der Waals surface area contributed by atoms with Crippen LogP contribution in [0.15, 0.2) is 12.7 Å². The van der Waals surface area contributed by atoms with Crippen molar-refractivity contribution >= 4 is 0 Å². The first kappa shape index (κ1) is 10.1. The van der Waals surface area contributed by atoms with Crippen LogP contribution in [0.5, 0.6) is 0 Å². The van der Waals surface area contributed by atoms with Crippen LogP contribution in [0.1, 0.15) is 20.3 Å². The van der Waals surface area contributed by atoms with E-state index in [0.717, 1.165) is 0 Å². The first-order chi connectivity index (χ1) is 6.53. The second-order valence-electron chi connectivity index (χ2n) is 4.15. The van der Waals surface area contributed by atoms with Crippen LogP contribution in [0, 0.1) is 0 Å². The highest BCUT2D eigenvalue weighted by Crippen LogP contribution is 2.38. The van der Waals surface area contributed by atoms with Crippen LogP contribution in [-0.4, -0.2) is 35.5 Å². The lowest BCUT2D eigenvalue weighted by atomic mass is 10.1. The largest absolute Gasteiger partial charge is 0.366 e. The van der Waals surface area contributed by atoms with E-state index in [1.807, 2.05) is 13.8 Å². The lowest BCUT2D eigenvalue weighted by molar-refractivity contribution is -0.219. The molecule has 0 amide bonds. The van der Waals surface area contributed by atoms with Gasteiger partial charge in [-0.05, 0) is 20.3 Å². The fraction of sp³-hybridized carbons (Fsp3) is 0.800. The Morgan fingerprint density at radius 2 is 2.00 bits per heavy atom. The zero-order valence-electron chi connectivity index (χ0n) is 8.47.